The molecule has 0 radical (unpaired) electrons. The number of ketones is 1. The van der Waals surface area contributed by atoms with Crippen LogP contribution < -0.4 is 0 Å². The van der Waals surface area contributed by atoms with Crippen molar-refractivity contribution in [3.8, 4) is 11.5 Å². The number of hydrogen-bond donors (Lipinski definition) is 4. The first-order valence-corrected chi connectivity index (χ1v) is 7.64. The lowest BCUT2D eigenvalue weighted by Gasteiger charge is -2.24. The zero-order chi connectivity index (χ0) is 17.3. The summed E-state index contributed by atoms with van der Waals surface area (Å²) in [6.07, 6.45) is 3.29. The van der Waals surface area contributed by atoms with E-state index in [0.29, 0.717) is 17.5 Å². The summed E-state index contributed by atoms with van der Waals surface area (Å²) >= 11 is 0. The van der Waals surface area contributed by atoms with Crippen LogP contribution in [0.1, 0.15) is 23.1 Å². The second kappa shape index (κ2) is 6.11. The van der Waals surface area contributed by atoms with E-state index >= 15 is 0 Å². The smallest absolute Gasteiger partial charge is 0.193 e. The molecule has 24 heavy (non-hydrogen) atoms. The predicted molar refractivity (Wildman–Crippen MR) is 88.2 cm³/mol. The van der Waals surface area contributed by atoms with E-state index in [4.69, 9.17) is 0 Å². The Bertz CT molecular complexity index is 807. The molecule has 4 N–H and O–H groups in total. The molecule has 1 unspecified atom stereocenters. The highest BCUT2D eigenvalue weighted by Gasteiger charge is 2.44. The molecule has 0 amide bonds. The molecule has 1 aliphatic carbocycles. The zero-order valence-electron chi connectivity index (χ0n) is 12.9. The molecule has 1 atom stereocenters. The van der Waals surface area contributed by atoms with Crippen LogP contribution >= 0.6 is 0 Å². The fourth-order valence-electron chi connectivity index (χ4n) is 3.04. The van der Waals surface area contributed by atoms with Crippen molar-refractivity contribution in [2.45, 2.75) is 18.6 Å². The van der Waals surface area contributed by atoms with Crippen molar-refractivity contribution in [3.05, 3.63) is 65.2 Å². The van der Waals surface area contributed by atoms with Crippen molar-refractivity contribution in [2.75, 3.05) is 0 Å². The van der Waals surface area contributed by atoms with Crippen molar-refractivity contribution >= 4 is 11.9 Å². The molecule has 5 heteroatoms. The third kappa shape index (κ3) is 3.04. The first kappa shape index (κ1) is 16.2. The fourth-order valence-corrected chi connectivity index (χ4v) is 3.04. The molecular weight excluding hydrogens is 308 g/mol. The van der Waals surface area contributed by atoms with Gasteiger partial charge in [0, 0.05) is 17.9 Å². The summed E-state index contributed by atoms with van der Waals surface area (Å²) in [5, 5.41) is 39.3. The summed E-state index contributed by atoms with van der Waals surface area (Å²) in [4.78, 5) is 12.1. The minimum atomic E-state index is -2.00. The van der Waals surface area contributed by atoms with E-state index in [9.17, 15) is 25.2 Å². The zero-order valence-corrected chi connectivity index (χ0v) is 12.9. The molecule has 3 rings (SSSR count). The van der Waals surface area contributed by atoms with Crippen LogP contribution in [0.3, 0.4) is 0 Å². The molecule has 0 saturated carbocycles. The second-order valence-electron chi connectivity index (χ2n) is 6.04. The number of aromatic hydroxyl groups is 2. The Morgan fingerprint density at radius 2 is 1.88 bits per heavy atom. The summed E-state index contributed by atoms with van der Waals surface area (Å²) in [5.41, 5.74) is 1.86. The van der Waals surface area contributed by atoms with Crippen molar-refractivity contribution < 1.29 is 25.2 Å². The molecule has 2 aromatic carbocycles. The summed E-state index contributed by atoms with van der Waals surface area (Å²) in [5.74, 6) is -3.34. The Balaban J connectivity index is 1.69. The number of hydrogen-bond acceptors (Lipinski definition) is 5. The summed E-state index contributed by atoms with van der Waals surface area (Å²) < 4.78 is 0. The average molecular weight is 326 g/mol. The number of benzene rings is 2. The van der Waals surface area contributed by atoms with Crippen LogP contribution in [0.4, 0.5) is 0 Å². The largest absolute Gasteiger partial charge is 0.504 e. The Morgan fingerprint density at radius 3 is 2.58 bits per heavy atom. The minimum absolute atomic E-state index is 0.00223. The summed E-state index contributed by atoms with van der Waals surface area (Å²) in [6, 6.07) is 11.3. The van der Waals surface area contributed by atoms with Crippen LogP contribution in [-0.2, 0) is 17.0 Å². The number of phenols is 2. The van der Waals surface area contributed by atoms with Gasteiger partial charge in [-0.1, -0.05) is 36.4 Å². The maximum Gasteiger partial charge on any atom is 0.193 e. The lowest BCUT2D eigenvalue weighted by molar-refractivity contribution is -0.202. The second-order valence-corrected chi connectivity index (χ2v) is 6.04. The first-order chi connectivity index (χ1) is 11.4. The topological polar surface area (TPSA) is 98.0 Å². The van der Waals surface area contributed by atoms with E-state index in [-0.39, 0.29) is 23.7 Å². The molecular formula is C19H18O5. The van der Waals surface area contributed by atoms with Gasteiger partial charge in [0.25, 0.3) is 0 Å². The maximum atomic E-state index is 12.1. The van der Waals surface area contributed by atoms with Gasteiger partial charge in [0.1, 0.15) is 0 Å². The molecule has 0 aromatic heterocycles. The number of carbonyl (C=O) groups excluding carboxylic acids is 1. The number of phenolic OH excluding ortho intramolecular Hbond substituents is 2. The van der Waals surface area contributed by atoms with Gasteiger partial charge in [0.15, 0.2) is 23.1 Å². The van der Waals surface area contributed by atoms with Gasteiger partial charge in [-0.15, -0.1) is 0 Å². The summed E-state index contributed by atoms with van der Waals surface area (Å²) in [7, 11) is 0. The van der Waals surface area contributed by atoms with Gasteiger partial charge in [-0.2, -0.15) is 0 Å². The molecule has 0 aliphatic heterocycles. The monoisotopic (exact) mass is 326 g/mol. The lowest BCUT2D eigenvalue weighted by Crippen LogP contribution is -2.32. The Hall–Kier alpha value is -2.63. The molecule has 0 heterocycles. The van der Waals surface area contributed by atoms with Gasteiger partial charge in [-0.05, 0) is 35.8 Å². The molecule has 124 valence electrons. The average Bonchev–Trinajstić information content (AvgIpc) is 2.80. The van der Waals surface area contributed by atoms with Crippen molar-refractivity contribution in [3.63, 3.8) is 0 Å². The van der Waals surface area contributed by atoms with E-state index in [1.165, 1.54) is 24.3 Å². The number of fused-ring (bicyclic) bond motifs is 1. The number of rotatable bonds is 4. The van der Waals surface area contributed by atoms with Gasteiger partial charge < -0.3 is 20.4 Å². The molecule has 0 saturated heterocycles. The highest BCUT2D eigenvalue weighted by atomic mass is 16.5. The third-order valence-corrected chi connectivity index (χ3v) is 4.36. The highest BCUT2D eigenvalue weighted by molar-refractivity contribution is 5.94. The highest BCUT2D eigenvalue weighted by Crippen LogP contribution is 2.41. The van der Waals surface area contributed by atoms with Gasteiger partial charge >= 0.3 is 0 Å². The number of aliphatic hydroxyl groups is 2. The van der Waals surface area contributed by atoms with Crippen LogP contribution in [-0.4, -0.2) is 26.2 Å². The van der Waals surface area contributed by atoms with Gasteiger partial charge in [-0.25, -0.2) is 0 Å². The Morgan fingerprint density at radius 1 is 1.12 bits per heavy atom. The van der Waals surface area contributed by atoms with Crippen molar-refractivity contribution in [2.24, 2.45) is 5.92 Å². The van der Waals surface area contributed by atoms with Crippen molar-refractivity contribution in [1.29, 1.82) is 0 Å². The van der Waals surface area contributed by atoms with Crippen LogP contribution in [0.5, 0.6) is 11.5 Å². The van der Waals surface area contributed by atoms with E-state index < -0.39 is 11.7 Å². The predicted octanol–water partition coefficient (Wildman–Crippen LogP) is 2.08. The van der Waals surface area contributed by atoms with E-state index in [2.05, 4.69) is 0 Å². The minimum Gasteiger partial charge on any atom is -0.504 e. The third-order valence-electron chi connectivity index (χ3n) is 4.36. The Labute approximate surface area is 139 Å². The van der Waals surface area contributed by atoms with E-state index in [1.807, 2.05) is 12.1 Å². The van der Waals surface area contributed by atoms with Crippen LogP contribution in [0.15, 0.2) is 48.5 Å². The SMILES string of the molecule is O=C(/C=C/c1ccc(O)c(O)c1)CC1Cc2ccccc2C1(O)O. The quantitative estimate of drug-likeness (QED) is 0.392. The molecule has 1 aliphatic rings. The lowest BCUT2D eigenvalue weighted by atomic mass is 9.93. The number of allylic oxidation sites excluding steroid dienone is 1. The fraction of sp³-hybridized carbons (Fsp3) is 0.211. The van der Waals surface area contributed by atoms with Gasteiger partial charge in [0.2, 0.25) is 0 Å². The maximum absolute atomic E-state index is 12.1. The van der Waals surface area contributed by atoms with Crippen LogP contribution in [0, 0.1) is 5.92 Å². The van der Waals surface area contributed by atoms with Crippen LogP contribution in [0.25, 0.3) is 6.08 Å². The van der Waals surface area contributed by atoms with Crippen molar-refractivity contribution in [1.82, 2.24) is 0 Å². The molecule has 5 nitrogen and oxygen atoms in total. The van der Waals surface area contributed by atoms with E-state index in [1.54, 1.807) is 18.2 Å². The van der Waals surface area contributed by atoms with Gasteiger partial charge in [-0.3, -0.25) is 4.79 Å². The molecule has 0 fully saturated rings. The van der Waals surface area contributed by atoms with Crippen LogP contribution in [0.2, 0.25) is 0 Å². The van der Waals surface area contributed by atoms with Gasteiger partial charge in [0.05, 0.1) is 0 Å². The summed E-state index contributed by atoms with van der Waals surface area (Å²) in [6.45, 7) is 0. The normalized spacial score (nSPS) is 18.7. The first-order valence-electron chi connectivity index (χ1n) is 7.64. The molecule has 2 aromatic rings. The van der Waals surface area contributed by atoms with E-state index in [0.717, 1.165) is 5.56 Å². The number of carbonyl (C=O) groups is 1. The molecule has 0 spiro atoms. The molecule has 0 bridgehead atoms. The Kier molecular flexibility index (Phi) is 4.13. The standard InChI is InChI=1S/C19H18O5/c20-15(7-5-12-6-8-17(21)18(22)9-12)11-14-10-13-3-1-2-4-16(13)19(14,23)24/h1-9,14,21-24H,10-11H2/b7-5+.